The number of ketones is 1. The van der Waals surface area contributed by atoms with Gasteiger partial charge in [-0.25, -0.2) is 4.79 Å². The third kappa shape index (κ3) is 2.39. The molecule has 1 spiro atoms. The number of ether oxygens (including phenoxy) is 2. The molecule has 4 fully saturated rings. The zero-order valence-electron chi connectivity index (χ0n) is 22.6. The number of aliphatic hydroxyl groups is 4. The number of allylic oxidation sites excluding steroid dienone is 2. The average Bonchev–Trinajstić information content (AvgIpc) is 3.27. The maximum Gasteiger partial charge on any atom is 0.334 e. The number of aliphatic hydroxyl groups excluding tert-OH is 2. The van der Waals surface area contributed by atoms with Crippen molar-refractivity contribution in [3.8, 4) is 0 Å². The fourth-order valence-electron chi connectivity index (χ4n) is 10.6. The summed E-state index contributed by atoms with van der Waals surface area (Å²) in [7, 11) is 1.47. The molecule has 0 aromatic carbocycles. The van der Waals surface area contributed by atoms with Crippen LogP contribution >= 0.6 is 0 Å². The number of Topliss-reactive ketones (excluding diaryl/α,β-unsaturated/α-hetero) is 1. The van der Waals surface area contributed by atoms with E-state index in [1.54, 1.807) is 26.8 Å². The van der Waals surface area contributed by atoms with Crippen molar-refractivity contribution in [2.75, 3.05) is 7.11 Å². The standard InChI is InChI=1S/C29H40O8/c1-13-14(2)29(37-24(13)33)22(31)15(3)27(34)10-9-17-16-11-20(30)18-7-8-21(36-6)23(32)25(18,4)19(16)12-28(29,35)26(17,27)5/h8,15-20,22,30-31,34-35H,7,9-12H2,1-6H3/t15-,16+,17+,18?,19+,20-,22-,25+,26+,27-,28-,29+/m1/s1. The van der Waals surface area contributed by atoms with Gasteiger partial charge in [0.25, 0.3) is 0 Å². The van der Waals surface area contributed by atoms with Crippen molar-refractivity contribution in [1.82, 2.24) is 0 Å². The summed E-state index contributed by atoms with van der Waals surface area (Å²) >= 11 is 0. The van der Waals surface area contributed by atoms with Crippen LogP contribution < -0.4 is 0 Å². The van der Waals surface area contributed by atoms with Crippen molar-refractivity contribution < 1.29 is 39.5 Å². The second kappa shape index (κ2) is 7.26. The van der Waals surface area contributed by atoms with Gasteiger partial charge in [0, 0.05) is 28.2 Å². The molecule has 6 rings (SSSR count). The molecule has 1 aliphatic heterocycles. The molecule has 1 heterocycles. The van der Waals surface area contributed by atoms with E-state index < -0.39 is 51.7 Å². The number of carbonyl (C=O) groups excluding carboxylic acids is 2. The second-order valence-corrected chi connectivity index (χ2v) is 13.2. The van der Waals surface area contributed by atoms with Crippen LogP contribution in [-0.2, 0) is 19.1 Å². The molecule has 0 bridgehead atoms. The topological polar surface area (TPSA) is 134 Å². The maximum absolute atomic E-state index is 13.9. The Balaban J connectivity index is 1.61. The Morgan fingerprint density at radius 3 is 2.35 bits per heavy atom. The molecule has 0 aromatic heterocycles. The molecule has 1 unspecified atom stereocenters. The molecule has 4 saturated carbocycles. The van der Waals surface area contributed by atoms with E-state index in [-0.39, 0.29) is 41.6 Å². The monoisotopic (exact) mass is 516 g/mol. The molecular weight excluding hydrogens is 476 g/mol. The number of rotatable bonds is 1. The van der Waals surface area contributed by atoms with Gasteiger partial charge >= 0.3 is 5.97 Å². The van der Waals surface area contributed by atoms with Gasteiger partial charge in [-0.3, -0.25) is 4.79 Å². The van der Waals surface area contributed by atoms with E-state index in [0.29, 0.717) is 36.8 Å². The van der Waals surface area contributed by atoms with E-state index in [1.165, 1.54) is 7.11 Å². The molecule has 0 aromatic rings. The summed E-state index contributed by atoms with van der Waals surface area (Å²) in [4.78, 5) is 26.9. The van der Waals surface area contributed by atoms with Crippen LogP contribution in [0.15, 0.2) is 23.0 Å². The van der Waals surface area contributed by atoms with Crippen molar-refractivity contribution in [2.24, 2.45) is 40.4 Å². The Hall–Kier alpha value is -1.74. The summed E-state index contributed by atoms with van der Waals surface area (Å²) in [5, 5.41) is 48.6. The van der Waals surface area contributed by atoms with Gasteiger partial charge in [0.1, 0.15) is 11.7 Å². The van der Waals surface area contributed by atoms with Crippen molar-refractivity contribution >= 4 is 11.8 Å². The van der Waals surface area contributed by atoms with Gasteiger partial charge in [0.15, 0.2) is 11.4 Å². The lowest BCUT2D eigenvalue weighted by Crippen LogP contribution is -2.84. The Morgan fingerprint density at radius 2 is 1.76 bits per heavy atom. The first-order chi connectivity index (χ1) is 17.2. The second-order valence-electron chi connectivity index (χ2n) is 13.2. The molecule has 0 saturated heterocycles. The Labute approximate surface area is 217 Å². The first-order valence-electron chi connectivity index (χ1n) is 13.7. The molecule has 5 aliphatic carbocycles. The Kier molecular flexibility index (Phi) is 5.01. The Morgan fingerprint density at radius 1 is 1.08 bits per heavy atom. The quantitative estimate of drug-likeness (QED) is 0.389. The van der Waals surface area contributed by atoms with Crippen molar-refractivity contribution in [2.45, 2.75) is 95.7 Å². The number of hydrogen-bond donors (Lipinski definition) is 4. The highest BCUT2D eigenvalue weighted by Crippen LogP contribution is 2.77. The molecule has 4 N–H and O–H groups in total. The number of esters is 1. The van der Waals surface area contributed by atoms with E-state index in [1.807, 2.05) is 13.8 Å². The minimum atomic E-state index is -1.84. The highest BCUT2D eigenvalue weighted by molar-refractivity contribution is 5.99. The lowest BCUT2D eigenvalue weighted by molar-refractivity contribution is -0.361. The van der Waals surface area contributed by atoms with Crippen LogP contribution in [0.25, 0.3) is 0 Å². The lowest BCUT2D eigenvalue weighted by atomic mass is 9.35. The summed E-state index contributed by atoms with van der Waals surface area (Å²) in [5.41, 5.74) is -6.32. The van der Waals surface area contributed by atoms with E-state index in [4.69, 9.17) is 9.47 Å². The SMILES string of the molecule is COC1=CCC2[C@H](O)C[C@H]3[C@@H]4CC[C@@]5(O)[C@H](C)[C@@H](O)[C@]6(OC(=O)C(C)=C6C)[C@@](O)(C[C@@H]3[C@@]2(C)C1=O)[C@@]45C. The molecule has 0 amide bonds. The van der Waals surface area contributed by atoms with E-state index in [9.17, 15) is 30.0 Å². The van der Waals surface area contributed by atoms with Gasteiger partial charge < -0.3 is 29.9 Å². The van der Waals surface area contributed by atoms with Gasteiger partial charge in [-0.05, 0) is 75.4 Å². The van der Waals surface area contributed by atoms with E-state index >= 15 is 0 Å². The molecule has 0 radical (unpaired) electrons. The van der Waals surface area contributed by atoms with Crippen LogP contribution in [0.2, 0.25) is 0 Å². The van der Waals surface area contributed by atoms with Gasteiger partial charge in [0.05, 0.1) is 18.8 Å². The molecule has 8 nitrogen and oxygen atoms in total. The molecule has 204 valence electrons. The van der Waals surface area contributed by atoms with Gasteiger partial charge in [-0.2, -0.15) is 0 Å². The third-order valence-electron chi connectivity index (χ3n) is 12.8. The normalized spacial score (nSPS) is 56.5. The molecule has 6 aliphatic rings. The van der Waals surface area contributed by atoms with Crippen LogP contribution in [0.1, 0.15) is 66.7 Å². The summed E-state index contributed by atoms with van der Waals surface area (Å²) < 4.78 is 11.5. The van der Waals surface area contributed by atoms with E-state index in [0.717, 1.165) is 0 Å². The Bertz CT molecular complexity index is 1160. The average molecular weight is 517 g/mol. The number of methoxy groups -OCH3 is 1. The highest BCUT2D eigenvalue weighted by Gasteiger charge is 2.86. The fourth-order valence-corrected chi connectivity index (χ4v) is 10.6. The van der Waals surface area contributed by atoms with E-state index in [2.05, 4.69) is 0 Å². The molecular formula is C29H40O8. The molecule has 37 heavy (non-hydrogen) atoms. The van der Waals surface area contributed by atoms with Gasteiger partial charge in [0.2, 0.25) is 5.78 Å². The third-order valence-corrected chi connectivity index (χ3v) is 12.8. The summed E-state index contributed by atoms with van der Waals surface area (Å²) in [6, 6.07) is 0. The predicted octanol–water partition coefficient (Wildman–Crippen LogP) is 2.03. The highest BCUT2D eigenvalue weighted by atomic mass is 16.6. The van der Waals surface area contributed by atoms with Crippen molar-refractivity contribution in [1.29, 1.82) is 0 Å². The van der Waals surface area contributed by atoms with Gasteiger partial charge in [-0.1, -0.05) is 20.8 Å². The van der Waals surface area contributed by atoms with Crippen LogP contribution in [0.3, 0.4) is 0 Å². The predicted molar refractivity (Wildman–Crippen MR) is 132 cm³/mol. The molecule has 8 heteroatoms. The minimum Gasteiger partial charge on any atom is -0.493 e. The fraction of sp³-hybridized carbons (Fsp3) is 0.793. The molecule has 12 atom stereocenters. The van der Waals surface area contributed by atoms with Crippen molar-refractivity contribution in [3.63, 3.8) is 0 Å². The van der Waals surface area contributed by atoms with Crippen LogP contribution in [0.5, 0.6) is 0 Å². The number of carbonyl (C=O) groups is 2. The first kappa shape index (κ1) is 25.5. The maximum atomic E-state index is 13.9. The van der Waals surface area contributed by atoms with Crippen molar-refractivity contribution in [3.05, 3.63) is 23.0 Å². The summed E-state index contributed by atoms with van der Waals surface area (Å²) in [5.74, 6) is -2.29. The van der Waals surface area contributed by atoms with Crippen LogP contribution in [0, 0.1) is 40.4 Å². The van der Waals surface area contributed by atoms with Gasteiger partial charge in [-0.15, -0.1) is 0 Å². The van der Waals surface area contributed by atoms with Crippen LogP contribution in [-0.4, -0.2) is 68.3 Å². The van der Waals surface area contributed by atoms with Crippen LogP contribution in [0.4, 0.5) is 0 Å². The minimum absolute atomic E-state index is 0.0527. The smallest absolute Gasteiger partial charge is 0.334 e. The summed E-state index contributed by atoms with van der Waals surface area (Å²) in [6.45, 7) is 8.90. The first-order valence-corrected chi connectivity index (χ1v) is 13.7. The number of fused-ring (bicyclic) bond motifs is 5. The summed E-state index contributed by atoms with van der Waals surface area (Å²) in [6.07, 6.45) is 1.67. The zero-order chi connectivity index (χ0) is 27.1. The lowest BCUT2D eigenvalue weighted by Gasteiger charge is -2.72. The largest absolute Gasteiger partial charge is 0.493 e. The number of hydrogen-bond acceptors (Lipinski definition) is 8. The zero-order valence-corrected chi connectivity index (χ0v) is 22.6.